The number of likely N-dealkylation sites (tertiary alicyclic amines) is 1. The second-order valence-electron chi connectivity index (χ2n) is 15.9. The van der Waals surface area contributed by atoms with E-state index >= 15 is 0 Å². The maximum Gasteiger partial charge on any atom is 0.482 e. The number of carbonyl (C=O) groups excluding carboxylic acids is 2. The highest BCUT2D eigenvalue weighted by molar-refractivity contribution is 6.48. The van der Waals surface area contributed by atoms with E-state index in [0.29, 0.717) is 38.0 Å². The molecule has 8 rings (SSSR count). The van der Waals surface area contributed by atoms with Crippen molar-refractivity contribution in [2.24, 2.45) is 17.3 Å². The first-order chi connectivity index (χ1) is 23.4. The second-order valence-corrected chi connectivity index (χ2v) is 15.9. The summed E-state index contributed by atoms with van der Waals surface area (Å²) in [5.41, 5.74) is 1.22. The van der Waals surface area contributed by atoms with Crippen LogP contribution in [0.4, 0.5) is 4.79 Å². The monoisotopic (exact) mass is 671 g/mol. The molecule has 2 N–H and O–H groups in total. The first-order valence-corrected chi connectivity index (χ1v) is 18.0. The quantitative estimate of drug-likeness (QED) is 0.224. The van der Waals surface area contributed by atoms with E-state index in [0.717, 1.165) is 55.3 Å². The topological polar surface area (TPSA) is 110 Å². The smallest absolute Gasteiger partial charge is 0.464 e. The predicted octanol–water partition coefficient (Wildman–Crippen LogP) is 4.82. The molecule has 0 spiro atoms. The van der Waals surface area contributed by atoms with Gasteiger partial charge < -0.3 is 34.0 Å². The van der Waals surface area contributed by atoms with Gasteiger partial charge in [-0.15, -0.1) is 0 Å². The first kappa shape index (κ1) is 34.1. The summed E-state index contributed by atoms with van der Waals surface area (Å²) in [7, 11) is -0.615. The highest BCUT2D eigenvalue weighted by Gasteiger charge is 2.68. The van der Waals surface area contributed by atoms with E-state index in [1.165, 1.54) is 0 Å². The molecule has 6 fully saturated rings. The molecule has 11 nitrogen and oxygen atoms in total. The Morgan fingerprint density at radius 2 is 1.94 bits per heavy atom. The molecule has 3 amide bonds. The normalized spacial score (nSPS) is 30.4. The summed E-state index contributed by atoms with van der Waals surface area (Å²) in [6.45, 7) is 22.4. The van der Waals surface area contributed by atoms with Gasteiger partial charge >= 0.3 is 13.1 Å². The summed E-state index contributed by atoms with van der Waals surface area (Å²) >= 11 is 0. The van der Waals surface area contributed by atoms with E-state index in [2.05, 4.69) is 41.1 Å². The number of carbonyl (C=O) groups is 2. The van der Waals surface area contributed by atoms with Crippen LogP contribution in [-0.2, 0) is 25.3 Å². The first-order valence-electron chi connectivity index (χ1n) is 18.0. The number of ether oxygens (including phenoxy) is 1. The van der Waals surface area contributed by atoms with E-state index < -0.39 is 24.2 Å². The molecule has 49 heavy (non-hydrogen) atoms. The number of para-hydroxylation sites is 1. The largest absolute Gasteiger partial charge is 0.482 e. The van der Waals surface area contributed by atoms with Gasteiger partial charge in [0.05, 0.1) is 43.7 Å². The molecule has 1 aromatic heterocycles. The number of furan rings is 1. The molecule has 0 unspecified atom stereocenters. The molecule has 3 aliphatic heterocycles. The molecular weight excluding hydrogens is 621 g/mol. The molecule has 12 heteroatoms. The molecule has 2 aromatic rings. The highest BCUT2D eigenvalue weighted by Crippen LogP contribution is 2.65. The van der Waals surface area contributed by atoms with E-state index in [1.54, 1.807) is 17.2 Å². The number of morpholine rings is 1. The van der Waals surface area contributed by atoms with Crippen molar-refractivity contribution in [3.05, 3.63) is 59.3 Å². The molecule has 4 heterocycles. The van der Waals surface area contributed by atoms with Crippen molar-refractivity contribution in [3.63, 3.8) is 0 Å². The number of hydrogen-bond acceptors (Lipinski definition) is 7. The van der Waals surface area contributed by atoms with Crippen LogP contribution in [0.25, 0.3) is 15.8 Å². The molecule has 2 bridgehead atoms. The minimum absolute atomic E-state index is 0.0151. The number of nitrogens with one attached hydrogen (secondary N) is 2. The maximum atomic E-state index is 13.7. The summed E-state index contributed by atoms with van der Waals surface area (Å²) in [5.74, 6) is 0.267. The van der Waals surface area contributed by atoms with Crippen molar-refractivity contribution < 1.29 is 28.1 Å². The summed E-state index contributed by atoms with van der Waals surface area (Å²) < 4.78 is 24.8. The fraction of sp³-hybridized carbons (Fsp3) is 0.649. The lowest BCUT2D eigenvalue weighted by Crippen LogP contribution is -2.65. The molecule has 3 saturated carbocycles. The van der Waals surface area contributed by atoms with Crippen molar-refractivity contribution in [1.82, 2.24) is 20.4 Å². The molecule has 262 valence electrons. The SMILES string of the molecule is [C-]#[N+]C(=CC(C)(C)N1CCOCC1)C(=O)N1CCC[C@@H]1CNC(=O)N[C@@H](Cc1coc2ccccc12)B1O[C@@H]2C[C@@H]3C[C@@H](C3(C)C)[C@]2(C)O1. The lowest BCUT2D eigenvalue weighted by molar-refractivity contribution is -0.199. The Balaban J connectivity index is 1.03. The average Bonchev–Trinajstić information content (AvgIpc) is 3.82. The van der Waals surface area contributed by atoms with Gasteiger partial charge in [0.1, 0.15) is 5.58 Å². The lowest BCUT2D eigenvalue weighted by atomic mass is 9.43. The highest BCUT2D eigenvalue weighted by atomic mass is 16.7. The van der Waals surface area contributed by atoms with Crippen molar-refractivity contribution in [2.45, 2.75) is 95.9 Å². The summed E-state index contributed by atoms with van der Waals surface area (Å²) in [6.07, 6.45) is 7.68. The molecule has 6 atom stereocenters. The molecular formula is C37H50BN5O6. The van der Waals surface area contributed by atoms with E-state index in [-0.39, 0.29) is 41.7 Å². The average molecular weight is 672 g/mol. The number of fused-ring (bicyclic) bond motifs is 1. The van der Waals surface area contributed by atoms with Gasteiger partial charge in [-0.1, -0.05) is 38.1 Å². The minimum Gasteiger partial charge on any atom is -0.464 e. The maximum absolute atomic E-state index is 13.7. The van der Waals surface area contributed by atoms with Crippen LogP contribution in [0.5, 0.6) is 0 Å². The molecule has 3 aliphatic carbocycles. The molecule has 6 aliphatic rings. The van der Waals surface area contributed by atoms with Crippen LogP contribution in [0.3, 0.4) is 0 Å². The zero-order chi connectivity index (χ0) is 34.6. The van der Waals surface area contributed by atoms with Gasteiger partial charge in [0.2, 0.25) is 5.70 Å². The Hall–Kier alpha value is -3.37. The zero-order valence-corrected chi connectivity index (χ0v) is 29.5. The summed E-state index contributed by atoms with van der Waals surface area (Å²) in [4.78, 5) is 35.0. The number of urea groups is 1. The zero-order valence-electron chi connectivity index (χ0n) is 29.5. The third kappa shape index (κ3) is 6.28. The minimum atomic E-state index is -0.615. The van der Waals surface area contributed by atoms with Crippen LogP contribution in [0.2, 0.25) is 0 Å². The van der Waals surface area contributed by atoms with Gasteiger partial charge in [-0.25, -0.2) is 9.64 Å². The Morgan fingerprint density at radius 3 is 2.69 bits per heavy atom. The van der Waals surface area contributed by atoms with Crippen LogP contribution >= 0.6 is 0 Å². The lowest BCUT2D eigenvalue weighted by Gasteiger charge is -2.64. The van der Waals surface area contributed by atoms with Crippen molar-refractivity contribution in [1.29, 1.82) is 0 Å². The standard InChI is InChI=1S/C37H50BN5O6/c1-35(2,42-14-16-46-17-15-42)21-28(39-6)33(44)43-13-9-10-26(43)22-40-34(45)41-32(18-24-23-47-29-12-8-7-11-27(24)29)38-48-31-20-25-19-30(36(25,3)4)37(31,5)49-38/h7-8,11-12,21,23,25-26,30-32H,9-10,13-20,22H2,1-5H3,(H2,40,41,45)/t25-,26+,30-,31+,32-,37-/m0/s1. The number of hydrogen-bond donors (Lipinski definition) is 2. The Bertz CT molecular complexity index is 1640. The van der Waals surface area contributed by atoms with Gasteiger partial charge in [0.25, 0.3) is 5.91 Å². The summed E-state index contributed by atoms with van der Waals surface area (Å²) in [5, 5.41) is 7.23. The molecule has 1 aromatic carbocycles. The van der Waals surface area contributed by atoms with E-state index in [4.69, 9.17) is 25.0 Å². The number of benzene rings is 1. The number of rotatable bonds is 9. The van der Waals surface area contributed by atoms with Gasteiger partial charge in [0, 0.05) is 43.1 Å². The second kappa shape index (κ2) is 13.1. The van der Waals surface area contributed by atoms with Crippen molar-refractivity contribution >= 4 is 30.0 Å². The van der Waals surface area contributed by atoms with Crippen LogP contribution in [0.1, 0.15) is 65.9 Å². The van der Waals surface area contributed by atoms with Crippen molar-refractivity contribution in [3.8, 4) is 0 Å². The van der Waals surface area contributed by atoms with Crippen LogP contribution in [0, 0.1) is 23.8 Å². The number of nitrogens with zero attached hydrogens (tertiary/aromatic N) is 3. The third-order valence-electron chi connectivity index (χ3n) is 12.4. The fourth-order valence-corrected chi connectivity index (χ4v) is 9.31. The van der Waals surface area contributed by atoms with Crippen LogP contribution < -0.4 is 10.6 Å². The number of amides is 3. The van der Waals surface area contributed by atoms with Crippen LogP contribution in [-0.4, -0.2) is 97.5 Å². The van der Waals surface area contributed by atoms with Gasteiger partial charge in [0.15, 0.2) is 0 Å². The van der Waals surface area contributed by atoms with Crippen LogP contribution in [0.15, 0.2) is 46.7 Å². The molecule has 3 saturated heterocycles. The Kier molecular flexibility index (Phi) is 9.10. The van der Waals surface area contributed by atoms with Gasteiger partial charge in [-0.05, 0) is 81.8 Å². The van der Waals surface area contributed by atoms with E-state index in [9.17, 15) is 9.59 Å². The Morgan fingerprint density at radius 1 is 1.16 bits per heavy atom. The van der Waals surface area contributed by atoms with Gasteiger partial charge in [-0.3, -0.25) is 9.69 Å². The van der Waals surface area contributed by atoms with Crippen molar-refractivity contribution in [2.75, 3.05) is 39.4 Å². The summed E-state index contributed by atoms with van der Waals surface area (Å²) in [6, 6.07) is 7.34. The Labute approximate surface area is 290 Å². The fourth-order valence-electron chi connectivity index (χ4n) is 9.31. The third-order valence-corrected chi connectivity index (χ3v) is 12.4. The predicted molar refractivity (Wildman–Crippen MR) is 186 cm³/mol. The van der Waals surface area contributed by atoms with Gasteiger partial charge in [-0.2, -0.15) is 0 Å². The van der Waals surface area contributed by atoms with E-state index in [1.807, 2.05) is 38.1 Å². The molecule has 0 radical (unpaired) electrons.